The standard InChI is InChI=1S/C13H19NS/c1-3-14-13(10-4-5-10)11-6-8-12(15-2)9-7-11/h6-10,13-14H,3-5H2,1-2H3. The van der Waals surface area contributed by atoms with Crippen molar-refractivity contribution >= 4 is 11.8 Å². The molecule has 2 rings (SSSR count). The van der Waals surface area contributed by atoms with E-state index in [1.54, 1.807) is 11.8 Å². The molecule has 1 saturated carbocycles. The molecule has 0 bridgehead atoms. The minimum Gasteiger partial charge on any atom is -0.310 e. The van der Waals surface area contributed by atoms with Gasteiger partial charge in [-0.25, -0.2) is 0 Å². The minimum atomic E-state index is 0.589. The van der Waals surface area contributed by atoms with Gasteiger partial charge in [0, 0.05) is 10.9 Å². The Kier molecular flexibility index (Phi) is 3.71. The smallest absolute Gasteiger partial charge is 0.0348 e. The second kappa shape index (κ2) is 5.04. The molecule has 1 nitrogen and oxygen atoms in total. The lowest BCUT2D eigenvalue weighted by Crippen LogP contribution is -2.22. The van der Waals surface area contributed by atoms with Crippen molar-refractivity contribution in [3.8, 4) is 0 Å². The van der Waals surface area contributed by atoms with Crippen molar-refractivity contribution in [3.05, 3.63) is 29.8 Å². The molecular formula is C13H19NS. The van der Waals surface area contributed by atoms with E-state index in [0.29, 0.717) is 6.04 Å². The summed E-state index contributed by atoms with van der Waals surface area (Å²) < 4.78 is 0. The third-order valence-corrected chi connectivity index (χ3v) is 3.74. The summed E-state index contributed by atoms with van der Waals surface area (Å²) in [7, 11) is 0. The molecule has 1 aromatic carbocycles. The highest BCUT2D eigenvalue weighted by molar-refractivity contribution is 7.98. The zero-order chi connectivity index (χ0) is 10.7. The molecule has 82 valence electrons. The minimum absolute atomic E-state index is 0.589. The second-order valence-corrected chi connectivity index (χ2v) is 5.03. The summed E-state index contributed by atoms with van der Waals surface area (Å²) >= 11 is 1.81. The number of nitrogens with one attached hydrogen (secondary N) is 1. The van der Waals surface area contributed by atoms with Gasteiger partial charge in [-0.2, -0.15) is 0 Å². The van der Waals surface area contributed by atoms with Crippen LogP contribution in [0.5, 0.6) is 0 Å². The molecule has 1 N–H and O–H groups in total. The lowest BCUT2D eigenvalue weighted by Gasteiger charge is -2.17. The van der Waals surface area contributed by atoms with Gasteiger partial charge >= 0.3 is 0 Å². The first-order chi connectivity index (χ1) is 7.35. The van der Waals surface area contributed by atoms with E-state index < -0.39 is 0 Å². The van der Waals surface area contributed by atoms with Crippen LogP contribution < -0.4 is 5.32 Å². The topological polar surface area (TPSA) is 12.0 Å². The molecule has 15 heavy (non-hydrogen) atoms. The fraction of sp³-hybridized carbons (Fsp3) is 0.538. The molecular weight excluding hydrogens is 202 g/mol. The molecule has 1 aliphatic carbocycles. The summed E-state index contributed by atoms with van der Waals surface area (Å²) in [5.74, 6) is 0.880. The van der Waals surface area contributed by atoms with Gasteiger partial charge in [-0.3, -0.25) is 0 Å². The molecule has 0 spiro atoms. The van der Waals surface area contributed by atoms with Crippen molar-refractivity contribution in [1.29, 1.82) is 0 Å². The molecule has 0 amide bonds. The van der Waals surface area contributed by atoms with E-state index in [9.17, 15) is 0 Å². The Morgan fingerprint density at radius 3 is 2.47 bits per heavy atom. The van der Waals surface area contributed by atoms with E-state index in [0.717, 1.165) is 12.5 Å². The van der Waals surface area contributed by atoms with E-state index in [1.807, 2.05) is 0 Å². The van der Waals surface area contributed by atoms with Crippen molar-refractivity contribution in [3.63, 3.8) is 0 Å². The van der Waals surface area contributed by atoms with Crippen LogP contribution in [0.2, 0.25) is 0 Å². The predicted molar refractivity (Wildman–Crippen MR) is 67.4 cm³/mol. The summed E-state index contributed by atoms with van der Waals surface area (Å²) in [6.45, 7) is 3.25. The highest BCUT2D eigenvalue weighted by Crippen LogP contribution is 2.41. The van der Waals surface area contributed by atoms with Crippen LogP contribution in [-0.2, 0) is 0 Å². The molecule has 2 heteroatoms. The Hall–Kier alpha value is -0.470. The summed E-state index contributed by atoms with van der Waals surface area (Å²) in [4.78, 5) is 1.35. The molecule has 0 aromatic heterocycles. The molecule has 1 atom stereocenters. The number of rotatable bonds is 5. The number of hydrogen-bond acceptors (Lipinski definition) is 2. The van der Waals surface area contributed by atoms with Crippen LogP contribution in [0.25, 0.3) is 0 Å². The number of thioether (sulfide) groups is 1. The summed E-state index contributed by atoms with van der Waals surface area (Å²) in [5, 5.41) is 3.59. The summed E-state index contributed by atoms with van der Waals surface area (Å²) in [6.07, 6.45) is 4.90. The highest BCUT2D eigenvalue weighted by Gasteiger charge is 2.31. The number of benzene rings is 1. The quantitative estimate of drug-likeness (QED) is 0.764. The molecule has 0 saturated heterocycles. The lowest BCUT2D eigenvalue weighted by molar-refractivity contribution is 0.496. The van der Waals surface area contributed by atoms with E-state index in [1.165, 1.54) is 23.3 Å². The van der Waals surface area contributed by atoms with Gasteiger partial charge in [0.15, 0.2) is 0 Å². The van der Waals surface area contributed by atoms with Crippen LogP contribution in [0.4, 0.5) is 0 Å². The third kappa shape index (κ3) is 2.76. The van der Waals surface area contributed by atoms with Crippen LogP contribution in [0.15, 0.2) is 29.2 Å². The predicted octanol–water partition coefficient (Wildman–Crippen LogP) is 3.47. The SMILES string of the molecule is CCNC(c1ccc(SC)cc1)C1CC1. The van der Waals surface area contributed by atoms with E-state index in [2.05, 4.69) is 42.8 Å². The maximum Gasteiger partial charge on any atom is 0.0348 e. The van der Waals surface area contributed by atoms with Gasteiger partial charge in [0.1, 0.15) is 0 Å². The molecule has 0 aliphatic heterocycles. The van der Waals surface area contributed by atoms with Gasteiger partial charge in [-0.05, 0) is 49.3 Å². The first-order valence-corrected chi connectivity index (χ1v) is 6.95. The van der Waals surface area contributed by atoms with Crippen LogP contribution in [0.1, 0.15) is 31.4 Å². The normalized spacial score (nSPS) is 17.7. The Balaban J connectivity index is 2.10. The van der Waals surface area contributed by atoms with E-state index >= 15 is 0 Å². The second-order valence-electron chi connectivity index (χ2n) is 4.15. The van der Waals surface area contributed by atoms with E-state index in [-0.39, 0.29) is 0 Å². The van der Waals surface area contributed by atoms with Crippen molar-refractivity contribution in [1.82, 2.24) is 5.32 Å². The van der Waals surface area contributed by atoms with Crippen LogP contribution in [-0.4, -0.2) is 12.8 Å². The Labute approximate surface area is 96.7 Å². The largest absolute Gasteiger partial charge is 0.310 e. The van der Waals surface area contributed by atoms with Gasteiger partial charge in [-0.15, -0.1) is 11.8 Å². The van der Waals surface area contributed by atoms with Crippen LogP contribution in [0.3, 0.4) is 0 Å². The first-order valence-electron chi connectivity index (χ1n) is 5.72. The zero-order valence-corrected chi connectivity index (χ0v) is 10.3. The maximum absolute atomic E-state index is 3.59. The summed E-state index contributed by atoms with van der Waals surface area (Å²) in [5.41, 5.74) is 1.46. The lowest BCUT2D eigenvalue weighted by atomic mass is 10.0. The van der Waals surface area contributed by atoms with Crippen molar-refractivity contribution in [2.45, 2.75) is 30.7 Å². The van der Waals surface area contributed by atoms with Crippen LogP contribution in [0, 0.1) is 5.92 Å². The monoisotopic (exact) mass is 221 g/mol. The van der Waals surface area contributed by atoms with Crippen molar-refractivity contribution < 1.29 is 0 Å². The van der Waals surface area contributed by atoms with Gasteiger partial charge in [0.05, 0.1) is 0 Å². The molecule has 1 aliphatic rings. The van der Waals surface area contributed by atoms with Crippen molar-refractivity contribution in [2.24, 2.45) is 5.92 Å². The van der Waals surface area contributed by atoms with Gasteiger partial charge in [0.25, 0.3) is 0 Å². The molecule has 0 radical (unpaired) electrons. The molecule has 0 heterocycles. The summed E-state index contributed by atoms with van der Waals surface area (Å²) in [6, 6.07) is 9.60. The maximum atomic E-state index is 3.59. The number of hydrogen-bond donors (Lipinski definition) is 1. The molecule has 1 fully saturated rings. The van der Waals surface area contributed by atoms with Gasteiger partial charge in [-0.1, -0.05) is 19.1 Å². The molecule has 1 aromatic rings. The first kappa shape index (κ1) is 11.0. The van der Waals surface area contributed by atoms with E-state index in [4.69, 9.17) is 0 Å². The van der Waals surface area contributed by atoms with Crippen LogP contribution >= 0.6 is 11.8 Å². The molecule has 1 unspecified atom stereocenters. The highest BCUT2D eigenvalue weighted by atomic mass is 32.2. The van der Waals surface area contributed by atoms with Gasteiger partial charge < -0.3 is 5.32 Å². The Morgan fingerprint density at radius 1 is 1.33 bits per heavy atom. The average Bonchev–Trinajstić information content (AvgIpc) is 3.10. The fourth-order valence-corrected chi connectivity index (χ4v) is 2.43. The Morgan fingerprint density at radius 2 is 2.00 bits per heavy atom. The Bertz CT molecular complexity index is 303. The average molecular weight is 221 g/mol. The van der Waals surface area contributed by atoms with Gasteiger partial charge in [0.2, 0.25) is 0 Å². The fourth-order valence-electron chi connectivity index (χ4n) is 2.02. The third-order valence-electron chi connectivity index (χ3n) is 2.99. The van der Waals surface area contributed by atoms with Crippen molar-refractivity contribution in [2.75, 3.05) is 12.8 Å². The zero-order valence-electron chi connectivity index (χ0n) is 9.49.